The second kappa shape index (κ2) is 6.05. The third-order valence-corrected chi connectivity index (χ3v) is 5.83. The van der Waals surface area contributed by atoms with Crippen molar-refractivity contribution in [1.82, 2.24) is 14.5 Å². The summed E-state index contributed by atoms with van der Waals surface area (Å²) in [5.41, 5.74) is -0.430. The maximum absolute atomic E-state index is 12.5. The van der Waals surface area contributed by atoms with Crippen LogP contribution in [0.2, 0.25) is 0 Å². The van der Waals surface area contributed by atoms with E-state index in [4.69, 9.17) is 4.74 Å². The van der Waals surface area contributed by atoms with Crippen LogP contribution in [0.15, 0.2) is 0 Å². The Kier molecular flexibility index (Phi) is 4.84. The number of hydrogen-bond donors (Lipinski definition) is 1. The number of ether oxygens (including phenoxy) is 1. The molecule has 2 aliphatic heterocycles. The van der Waals surface area contributed by atoms with Crippen molar-refractivity contribution in [1.29, 1.82) is 0 Å². The van der Waals surface area contributed by atoms with Crippen molar-refractivity contribution in [2.75, 3.05) is 58.2 Å². The molecule has 0 spiro atoms. The minimum absolute atomic E-state index is 0.205. The summed E-state index contributed by atoms with van der Waals surface area (Å²) in [5.74, 6) is 0.205. The molecule has 0 aromatic carbocycles. The van der Waals surface area contributed by atoms with E-state index >= 15 is 0 Å². The molecule has 0 unspecified atom stereocenters. The molecule has 2 rings (SSSR count). The minimum Gasteiger partial charge on any atom is -0.378 e. The molecule has 7 heteroatoms. The molecule has 1 N–H and O–H groups in total. The Balaban J connectivity index is 1.93. The van der Waals surface area contributed by atoms with Crippen LogP contribution >= 0.6 is 0 Å². The SMILES string of the molecule is CC1(C)COCCN1S(=O)(=O)CCN1CCNCC1. The van der Waals surface area contributed by atoms with E-state index in [1.165, 1.54) is 0 Å². The highest BCUT2D eigenvalue weighted by molar-refractivity contribution is 7.89. The molecule has 2 aliphatic rings. The van der Waals surface area contributed by atoms with Crippen LogP contribution < -0.4 is 5.32 Å². The molecule has 19 heavy (non-hydrogen) atoms. The Labute approximate surface area is 116 Å². The van der Waals surface area contributed by atoms with E-state index in [1.807, 2.05) is 13.8 Å². The van der Waals surface area contributed by atoms with Crippen molar-refractivity contribution < 1.29 is 13.2 Å². The summed E-state index contributed by atoms with van der Waals surface area (Å²) in [6.07, 6.45) is 0. The van der Waals surface area contributed by atoms with Gasteiger partial charge in [0, 0.05) is 39.3 Å². The molecule has 2 fully saturated rings. The van der Waals surface area contributed by atoms with E-state index in [1.54, 1.807) is 4.31 Å². The summed E-state index contributed by atoms with van der Waals surface area (Å²) in [7, 11) is -3.20. The van der Waals surface area contributed by atoms with Gasteiger partial charge in [-0.25, -0.2) is 8.42 Å². The summed E-state index contributed by atoms with van der Waals surface area (Å²) in [6, 6.07) is 0. The Morgan fingerprint density at radius 3 is 2.53 bits per heavy atom. The van der Waals surface area contributed by atoms with Gasteiger partial charge >= 0.3 is 0 Å². The summed E-state index contributed by atoms with van der Waals surface area (Å²) in [4.78, 5) is 2.21. The quantitative estimate of drug-likeness (QED) is 0.744. The molecule has 0 atom stereocenters. The van der Waals surface area contributed by atoms with Crippen molar-refractivity contribution in [3.63, 3.8) is 0 Å². The molecular formula is C12H25N3O3S. The van der Waals surface area contributed by atoms with Gasteiger partial charge in [0.1, 0.15) is 0 Å². The second-order valence-electron chi connectivity index (χ2n) is 5.84. The lowest BCUT2D eigenvalue weighted by Crippen LogP contribution is -2.56. The monoisotopic (exact) mass is 291 g/mol. The summed E-state index contributed by atoms with van der Waals surface area (Å²) >= 11 is 0. The third kappa shape index (κ3) is 3.88. The minimum atomic E-state index is -3.20. The normalized spacial score (nSPS) is 26.4. The summed E-state index contributed by atoms with van der Waals surface area (Å²) < 4.78 is 31.9. The fraction of sp³-hybridized carbons (Fsp3) is 1.00. The van der Waals surface area contributed by atoms with Crippen molar-refractivity contribution in [3.05, 3.63) is 0 Å². The van der Waals surface area contributed by atoms with Crippen LogP contribution in [-0.4, -0.2) is 81.4 Å². The number of nitrogens with one attached hydrogen (secondary N) is 1. The first-order chi connectivity index (χ1) is 8.92. The van der Waals surface area contributed by atoms with Gasteiger partial charge in [-0.2, -0.15) is 4.31 Å². The van der Waals surface area contributed by atoms with Crippen molar-refractivity contribution in [2.24, 2.45) is 0 Å². The van der Waals surface area contributed by atoms with E-state index in [0.29, 0.717) is 26.3 Å². The van der Waals surface area contributed by atoms with Gasteiger partial charge in [0.2, 0.25) is 10.0 Å². The van der Waals surface area contributed by atoms with Crippen LogP contribution in [-0.2, 0) is 14.8 Å². The highest BCUT2D eigenvalue weighted by Gasteiger charge is 2.38. The average molecular weight is 291 g/mol. The molecule has 0 radical (unpaired) electrons. The fourth-order valence-corrected chi connectivity index (χ4v) is 4.52. The largest absolute Gasteiger partial charge is 0.378 e. The van der Waals surface area contributed by atoms with Crippen molar-refractivity contribution >= 4 is 10.0 Å². The van der Waals surface area contributed by atoms with Crippen LogP contribution in [0.3, 0.4) is 0 Å². The molecule has 0 aromatic heterocycles. The van der Waals surface area contributed by atoms with Gasteiger partial charge in [-0.15, -0.1) is 0 Å². The van der Waals surface area contributed by atoms with Gasteiger partial charge < -0.3 is 10.1 Å². The Hall–Kier alpha value is -0.210. The first-order valence-corrected chi connectivity index (χ1v) is 8.54. The predicted octanol–water partition coefficient (Wildman–Crippen LogP) is -0.668. The van der Waals surface area contributed by atoms with Gasteiger partial charge in [0.25, 0.3) is 0 Å². The Morgan fingerprint density at radius 1 is 1.21 bits per heavy atom. The Bertz CT molecular complexity index is 391. The predicted molar refractivity (Wildman–Crippen MR) is 74.7 cm³/mol. The van der Waals surface area contributed by atoms with Crippen LogP contribution in [0.4, 0.5) is 0 Å². The van der Waals surface area contributed by atoms with E-state index in [0.717, 1.165) is 26.2 Å². The maximum Gasteiger partial charge on any atom is 0.216 e. The molecule has 2 saturated heterocycles. The van der Waals surface area contributed by atoms with E-state index in [9.17, 15) is 8.42 Å². The number of hydrogen-bond acceptors (Lipinski definition) is 5. The molecule has 2 heterocycles. The molecule has 0 amide bonds. The molecular weight excluding hydrogens is 266 g/mol. The molecule has 0 bridgehead atoms. The zero-order valence-corrected chi connectivity index (χ0v) is 12.7. The van der Waals surface area contributed by atoms with Gasteiger partial charge in [-0.05, 0) is 13.8 Å². The number of morpholine rings is 1. The number of piperazine rings is 1. The van der Waals surface area contributed by atoms with E-state index in [2.05, 4.69) is 10.2 Å². The van der Waals surface area contributed by atoms with Crippen LogP contribution in [0.5, 0.6) is 0 Å². The van der Waals surface area contributed by atoms with Gasteiger partial charge in [0.15, 0.2) is 0 Å². The lowest BCUT2D eigenvalue weighted by atomic mass is 10.1. The van der Waals surface area contributed by atoms with Crippen LogP contribution in [0, 0.1) is 0 Å². The highest BCUT2D eigenvalue weighted by atomic mass is 32.2. The third-order valence-electron chi connectivity index (χ3n) is 3.78. The van der Waals surface area contributed by atoms with Crippen molar-refractivity contribution in [2.45, 2.75) is 19.4 Å². The first-order valence-electron chi connectivity index (χ1n) is 6.93. The topological polar surface area (TPSA) is 61.9 Å². The van der Waals surface area contributed by atoms with E-state index < -0.39 is 15.6 Å². The Morgan fingerprint density at radius 2 is 1.89 bits per heavy atom. The molecule has 6 nitrogen and oxygen atoms in total. The van der Waals surface area contributed by atoms with E-state index in [-0.39, 0.29) is 5.75 Å². The standard InChI is InChI=1S/C12H25N3O3S/c1-12(2)11-18-9-7-15(12)19(16,17)10-8-14-5-3-13-4-6-14/h13H,3-11H2,1-2H3. The lowest BCUT2D eigenvalue weighted by molar-refractivity contribution is -0.00777. The fourth-order valence-electron chi connectivity index (χ4n) is 2.65. The summed E-state index contributed by atoms with van der Waals surface area (Å²) in [5, 5.41) is 3.27. The first kappa shape index (κ1) is 15.2. The molecule has 0 aliphatic carbocycles. The highest BCUT2D eigenvalue weighted by Crippen LogP contribution is 2.23. The van der Waals surface area contributed by atoms with Crippen LogP contribution in [0.25, 0.3) is 0 Å². The van der Waals surface area contributed by atoms with Crippen molar-refractivity contribution in [3.8, 4) is 0 Å². The second-order valence-corrected chi connectivity index (χ2v) is 7.86. The zero-order chi connectivity index (χ0) is 13.9. The van der Waals surface area contributed by atoms with Gasteiger partial charge in [-0.1, -0.05) is 0 Å². The molecule has 112 valence electrons. The van der Waals surface area contributed by atoms with Crippen LogP contribution in [0.1, 0.15) is 13.8 Å². The maximum atomic E-state index is 12.5. The number of rotatable bonds is 4. The summed E-state index contributed by atoms with van der Waals surface area (Å²) in [6.45, 7) is 9.67. The lowest BCUT2D eigenvalue weighted by Gasteiger charge is -2.41. The number of sulfonamides is 1. The zero-order valence-electron chi connectivity index (χ0n) is 11.9. The average Bonchev–Trinajstić information content (AvgIpc) is 2.37. The van der Waals surface area contributed by atoms with Gasteiger partial charge in [0.05, 0.1) is 24.5 Å². The number of nitrogens with zero attached hydrogens (tertiary/aromatic N) is 2. The molecule has 0 saturated carbocycles. The molecule has 0 aromatic rings. The smallest absolute Gasteiger partial charge is 0.216 e. The van der Waals surface area contributed by atoms with Gasteiger partial charge in [-0.3, -0.25) is 4.90 Å².